The Morgan fingerprint density at radius 3 is 2.59 bits per heavy atom. The lowest BCUT2D eigenvalue weighted by Gasteiger charge is -2.10. The third-order valence-electron chi connectivity index (χ3n) is 3.46. The summed E-state index contributed by atoms with van der Waals surface area (Å²) in [6.07, 6.45) is 0. The zero-order valence-corrected chi connectivity index (χ0v) is 15.4. The van der Waals surface area contributed by atoms with E-state index in [1.807, 2.05) is 0 Å². The highest BCUT2D eigenvalue weighted by Crippen LogP contribution is 2.26. The summed E-state index contributed by atoms with van der Waals surface area (Å²) >= 11 is 1.13. The number of thioether (sulfide) groups is 1. The fourth-order valence-electron chi connectivity index (χ4n) is 2.25. The number of anilines is 1. The van der Waals surface area contributed by atoms with Gasteiger partial charge in [0.05, 0.1) is 25.7 Å². The van der Waals surface area contributed by atoms with E-state index in [9.17, 15) is 9.18 Å². The number of carbonyl (C=O) groups excluding carboxylic acids is 1. The third kappa shape index (κ3) is 4.73. The number of nitrogens with one attached hydrogen (secondary N) is 1. The highest BCUT2D eigenvalue weighted by atomic mass is 32.2. The number of nitrogens with zero attached hydrogens (tertiary/aromatic N) is 4. The summed E-state index contributed by atoms with van der Waals surface area (Å²) < 4.78 is 25.1. The molecule has 0 aliphatic heterocycles. The Bertz CT molecular complexity index is 928. The monoisotopic (exact) mass is 389 g/mol. The molecule has 27 heavy (non-hydrogen) atoms. The van der Waals surface area contributed by atoms with Crippen LogP contribution in [0.5, 0.6) is 11.5 Å². The van der Waals surface area contributed by atoms with Crippen molar-refractivity contribution in [3.05, 3.63) is 48.3 Å². The molecular weight excluding hydrogens is 373 g/mol. The summed E-state index contributed by atoms with van der Waals surface area (Å²) in [5.74, 6) is 0.530. The summed E-state index contributed by atoms with van der Waals surface area (Å²) in [4.78, 5) is 12.3. The molecule has 2 aromatic carbocycles. The molecule has 0 fully saturated rings. The molecule has 0 radical (unpaired) electrons. The Labute approximate surface area is 158 Å². The minimum Gasteiger partial charge on any atom is -0.497 e. The molecule has 0 bridgehead atoms. The van der Waals surface area contributed by atoms with Gasteiger partial charge in [-0.3, -0.25) is 4.79 Å². The second kappa shape index (κ2) is 8.49. The van der Waals surface area contributed by atoms with Gasteiger partial charge in [-0.15, -0.1) is 5.10 Å². The van der Waals surface area contributed by atoms with Crippen molar-refractivity contribution < 1.29 is 18.7 Å². The Morgan fingerprint density at radius 2 is 1.93 bits per heavy atom. The van der Waals surface area contributed by atoms with Crippen molar-refractivity contribution in [2.75, 3.05) is 25.3 Å². The number of hydrogen-bond donors (Lipinski definition) is 1. The van der Waals surface area contributed by atoms with E-state index in [1.54, 1.807) is 30.3 Å². The molecule has 10 heteroatoms. The quantitative estimate of drug-likeness (QED) is 0.621. The fourth-order valence-corrected chi connectivity index (χ4v) is 2.94. The maximum atomic E-state index is 13.4. The Balaban J connectivity index is 1.66. The van der Waals surface area contributed by atoms with Gasteiger partial charge in [-0.1, -0.05) is 17.8 Å². The molecule has 0 spiro atoms. The summed E-state index contributed by atoms with van der Waals surface area (Å²) in [7, 11) is 3.06. The maximum absolute atomic E-state index is 13.4. The van der Waals surface area contributed by atoms with Crippen molar-refractivity contribution in [3.8, 4) is 17.2 Å². The first-order chi connectivity index (χ1) is 13.1. The van der Waals surface area contributed by atoms with E-state index in [0.29, 0.717) is 28.0 Å². The number of hydrogen-bond acceptors (Lipinski definition) is 7. The fraction of sp³-hybridized carbons (Fsp3) is 0.176. The molecule has 0 saturated heterocycles. The van der Waals surface area contributed by atoms with E-state index in [1.165, 1.54) is 31.0 Å². The number of halogens is 1. The van der Waals surface area contributed by atoms with Crippen LogP contribution in [-0.2, 0) is 4.79 Å². The SMILES string of the molecule is COc1cc(NC(=O)CSc2nnnn2-c2cccc(F)c2)cc(OC)c1. The van der Waals surface area contributed by atoms with Crippen molar-refractivity contribution >= 4 is 23.4 Å². The maximum Gasteiger partial charge on any atom is 0.234 e. The largest absolute Gasteiger partial charge is 0.497 e. The molecule has 0 unspecified atom stereocenters. The lowest BCUT2D eigenvalue weighted by Crippen LogP contribution is -2.14. The van der Waals surface area contributed by atoms with Crippen LogP contribution >= 0.6 is 11.8 Å². The van der Waals surface area contributed by atoms with E-state index in [2.05, 4.69) is 20.8 Å². The molecule has 3 aromatic rings. The number of ether oxygens (including phenoxy) is 2. The van der Waals surface area contributed by atoms with Crippen molar-refractivity contribution in [2.45, 2.75) is 5.16 Å². The molecular formula is C17H16FN5O3S. The smallest absolute Gasteiger partial charge is 0.234 e. The van der Waals surface area contributed by atoms with Gasteiger partial charge in [-0.2, -0.15) is 4.68 Å². The molecule has 1 aromatic heterocycles. The highest BCUT2D eigenvalue weighted by molar-refractivity contribution is 7.99. The van der Waals surface area contributed by atoms with Crippen LogP contribution in [0.25, 0.3) is 5.69 Å². The summed E-state index contributed by atoms with van der Waals surface area (Å²) in [5.41, 5.74) is 1.02. The van der Waals surface area contributed by atoms with Gasteiger partial charge in [0.1, 0.15) is 17.3 Å². The van der Waals surface area contributed by atoms with Crippen LogP contribution in [0.1, 0.15) is 0 Å². The second-order valence-electron chi connectivity index (χ2n) is 5.29. The number of rotatable bonds is 7. The molecule has 0 aliphatic rings. The predicted molar refractivity (Wildman–Crippen MR) is 98.0 cm³/mol. The molecule has 1 N–H and O–H groups in total. The molecule has 1 amide bonds. The average Bonchev–Trinajstić information content (AvgIpc) is 3.14. The van der Waals surface area contributed by atoms with Gasteiger partial charge in [-0.05, 0) is 28.6 Å². The van der Waals surface area contributed by atoms with Crippen LogP contribution in [0.3, 0.4) is 0 Å². The minimum absolute atomic E-state index is 0.0647. The van der Waals surface area contributed by atoms with Gasteiger partial charge in [-0.25, -0.2) is 4.39 Å². The number of methoxy groups -OCH3 is 2. The first-order valence-electron chi connectivity index (χ1n) is 7.79. The van der Waals surface area contributed by atoms with Gasteiger partial charge in [0.15, 0.2) is 0 Å². The van der Waals surface area contributed by atoms with Crippen LogP contribution in [-0.4, -0.2) is 46.1 Å². The van der Waals surface area contributed by atoms with E-state index < -0.39 is 5.82 Å². The standard InChI is InChI=1S/C17H16FN5O3S/c1-25-14-7-12(8-15(9-14)26-2)19-16(24)10-27-17-20-21-22-23(17)13-5-3-4-11(18)6-13/h3-9H,10H2,1-2H3,(H,19,24). The first-order valence-corrected chi connectivity index (χ1v) is 8.77. The zero-order chi connectivity index (χ0) is 19.2. The molecule has 0 saturated carbocycles. The lowest BCUT2D eigenvalue weighted by atomic mass is 10.2. The van der Waals surface area contributed by atoms with Gasteiger partial charge in [0.2, 0.25) is 11.1 Å². The number of aromatic nitrogens is 4. The normalized spacial score (nSPS) is 10.5. The lowest BCUT2D eigenvalue weighted by molar-refractivity contribution is -0.113. The topological polar surface area (TPSA) is 91.2 Å². The minimum atomic E-state index is -0.399. The number of tetrazole rings is 1. The summed E-state index contributed by atoms with van der Waals surface area (Å²) in [6.45, 7) is 0. The van der Waals surface area contributed by atoms with Crippen molar-refractivity contribution in [3.63, 3.8) is 0 Å². The predicted octanol–water partition coefficient (Wildman–Crippen LogP) is 2.55. The van der Waals surface area contributed by atoms with Gasteiger partial charge >= 0.3 is 0 Å². The first kappa shape index (κ1) is 18.6. The molecule has 0 aliphatic carbocycles. The third-order valence-corrected chi connectivity index (χ3v) is 4.38. The van der Waals surface area contributed by atoms with Crippen LogP contribution in [0.15, 0.2) is 47.6 Å². The number of carbonyl (C=O) groups is 1. The molecule has 140 valence electrons. The van der Waals surface area contributed by atoms with Gasteiger partial charge < -0.3 is 14.8 Å². The molecule has 3 rings (SSSR count). The zero-order valence-electron chi connectivity index (χ0n) is 14.5. The Morgan fingerprint density at radius 1 is 1.19 bits per heavy atom. The summed E-state index contributed by atoms with van der Waals surface area (Å²) in [5, 5.41) is 14.4. The highest BCUT2D eigenvalue weighted by Gasteiger charge is 2.13. The molecule has 8 nitrogen and oxygen atoms in total. The van der Waals surface area contributed by atoms with Crippen molar-refractivity contribution in [2.24, 2.45) is 0 Å². The number of amides is 1. The van der Waals surface area contributed by atoms with Gasteiger partial charge in [0, 0.05) is 23.9 Å². The number of benzene rings is 2. The van der Waals surface area contributed by atoms with Crippen molar-refractivity contribution in [1.82, 2.24) is 20.2 Å². The van der Waals surface area contributed by atoms with Crippen LogP contribution < -0.4 is 14.8 Å². The van der Waals surface area contributed by atoms with E-state index in [4.69, 9.17) is 9.47 Å². The second-order valence-corrected chi connectivity index (χ2v) is 6.23. The van der Waals surface area contributed by atoms with Crippen LogP contribution in [0.2, 0.25) is 0 Å². The Hall–Kier alpha value is -3.14. The van der Waals surface area contributed by atoms with E-state index in [-0.39, 0.29) is 11.7 Å². The van der Waals surface area contributed by atoms with Crippen molar-refractivity contribution in [1.29, 1.82) is 0 Å². The van der Waals surface area contributed by atoms with Crippen LogP contribution in [0, 0.1) is 5.82 Å². The Kier molecular flexibility index (Phi) is 5.87. The van der Waals surface area contributed by atoms with Crippen LogP contribution in [0.4, 0.5) is 10.1 Å². The molecule has 0 atom stereocenters. The van der Waals surface area contributed by atoms with E-state index in [0.717, 1.165) is 11.8 Å². The van der Waals surface area contributed by atoms with Gasteiger partial charge in [0.25, 0.3) is 0 Å². The molecule has 1 heterocycles. The average molecular weight is 389 g/mol. The van der Waals surface area contributed by atoms with E-state index >= 15 is 0 Å². The summed E-state index contributed by atoms with van der Waals surface area (Å²) in [6, 6.07) is 10.9.